The maximum Gasteiger partial charge on any atom is 0.246 e. The van der Waals surface area contributed by atoms with E-state index in [2.05, 4.69) is 6.07 Å². The van der Waals surface area contributed by atoms with E-state index in [1.54, 1.807) is 25.1 Å². The van der Waals surface area contributed by atoms with E-state index in [1.165, 1.54) is 5.56 Å². The Balaban J connectivity index is 1.90. The number of amides is 1. The molecule has 0 unspecified atom stereocenters. The standard InChI is InChI=1S/C16H21NO3/c1-17(9-3-10-19-2)16(18)7-5-13-4-6-15-14(12-13)8-11-20-15/h4-7,12H,3,8-11H2,1-2H3/b7-5+. The van der Waals surface area contributed by atoms with Crippen molar-refractivity contribution in [3.63, 3.8) is 0 Å². The molecule has 1 aliphatic rings. The molecule has 108 valence electrons. The highest BCUT2D eigenvalue weighted by atomic mass is 16.5. The predicted molar refractivity (Wildman–Crippen MR) is 78.8 cm³/mol. The number of benzene rings is 1. The second kappa shape index (κ2) is 7.10. The van der Waals surface area contributed by atoms with Gasteiger partial charge in [0.05, 0.1) is 6.61 Å². The van der Waals surface area contributed by atoms with Crippen molar-refractivity contribution in [2.24, 2.45) is 0 Å². The van der Waals surface area contributed by atoms with Gasteiger partial charge in [0, 0.05) is 39.8 Å². The zero-order valence-electron chi connectivity index (χ0n) is 12.1. The highest BCUT2D eigenvalue weighted by Crippen LogP contribution is 2.26. The first-order valence-corrected chi connectivity index (χ1v) is 6.88. The normalized spacial score (nSPS) is 13.3. The Morgan fingerprint density at radius 2 is 2.35 bits per heavy atom. The lowest BCUT2D eigenvalue weighted by Gasteiger charge is -2.14. The average Bonchev–Trinajstić information content (AvgIpc) is 2.92. The van der Waals surface area contributed by atoms with Crippen LogP contribution < -0.4 is 4.74 Å². The van der Waals surface area contributed by atoms with Gasteiger partial charge in [0.2, 0.25) is 5.91 Å². The summed E-state index contributed by atoms with van der Waals surface area (Å²) in [6.07, 6.45) is 5.27. The molecule has 0 bridgehead atoms. The van der Waals surface area contributed by atoms with Crippen molar-refractivity contribution in [2.75, 3.05) is 33.9 Å². The maximum atomic E-state index is 11.9. The predicted octanol–water partition coefficient (Wildman–Crippen LogP) is 2.13. The summed E-state index contributed by atoms with van der Waals surface area (Å²) in [7, 11) is 3.47. The van der Waals surface area contributed by atoms with Crippen LogP contribution in [0.5, 0.6) is 5.75 Å². The van der Waals surface area contributed by atoms with Crippen LogP contribution in [0.2, 0.25) is 0 Å². The topological polar surface area (TPSA) is 38.8 Å². The van der Waals surface area contributed by atoms with Gasteiger partial charge >= 0.3 is 0 Å². The maximum absolute atomic E-state index is 11.9. The molecule has 4 nitrogen and oxygen atoms in total. The van der Waals surface area contributed by atoms with Crippen molar-refractivity contribution in [3.05, 3.63) is 35.4 Å². The van der Waals surface area contributed by atoms with E-state index in [1.807, 2.05) is 18.2 Å². The molecule has 4 heteroatoms. The number of ether oxygens (including phenoxy) is 2. The molecule has 0 radical (unpaired) electrons. The molecule has 1 heterocycles. The summed E-state index contributed by atoms with van der Waals surface area (Å²) in [6, 6.07) is 6.02. The van der Waals surface area contributed by atoms with Crippen molar-refractivity contribution in [2.45, 2.75) is 12.8 Å². The summed E-state index contributed by atoms with van der Waals surface area (Å²) >= 11 is 0. The Labute approximate surface area is 120 Å². The van der Waals surface area contributed by atoms with Gasteiger partial charge in [-0.25, -0.2) is 0 Å². The molecule has 1 amide bonds. The molecule has 0 atom stereocenters. The molecular formula is C16H21NO3. The van der Waals surface area contributed by atoms with E-state index in [0.29, 0.717) is 13.2 Å². The summed E-state index contributed by atoms with van der Waals surface area (Å²) in [5.74, 6) is 0.975. The number of hydrogen-bond acceptors (Lipinski definition) is 3. The molecule has 0 aromatic heterocycles. The number of nitrogens with zero attached hydrogens (tertiary/aromatic N) is 1. The van der Waals surface area contributed by atoms with E-state index >= 15 is 0 Å². The van der Waals surface area contributed by atoms with Gasteiger partial charge in [0.1, 0.15) is 5.75 Å². The molecule has 0 spiro atoms. The quantitative estimate of drug-likeness (QED) is 0.590. The number of fused-ring (bicyclic) bond motifs is 1. The van der Waals surface area contributed by atoms with Crippen LogP contribution in [0.15, 0.2) is 24.3 Å². The van der Waals surface area contributed by atoms with Gasteiger partial charge in [-0.2, -0.15) is 0 Å². The van der Waals surface area contributed by atoms with Crippen molar-refractivity contribution < 1.29 is 14.3 Å². The molecule has 2 rings (SSSR count). The number of methoxy groups -OCH3 is 1. The van der Waals surface area contributed by atoms with Crippen molar-refractivity contribution in [1.82, 2.24) is 4.90 Å². The Hall–Kier alpha value is -1.81. The van der Waals surface area contributed by atoms with Gasteiger partial charge in [0.25, 0.3) is 0 Å². The zero-order chi connectivity index (χ0) is 14.4. The fraction of sp³-hybridized carbons (Fsp3) is 0.438. The van der Waals surface area contributed by atoms with Gasteiger partial charge in [-0.05, 0) is 35.8 Å². The fourth-order valence-corrected chi connectivity index (χ4v) is 2.16. The molecule has 1 aliphatic heterocycles. The first-order chi connectivity index (χ1) is 9.70. The number of carbonyl (C=O) groups is 1. The summed E-state index contributed by atoms with van der Waals surface area (Å²) < 4.78 is 10.4. The first-order valence-electron chi connectivity index (χ1n) is 6.88. The van der Waals surface area contributed by atoms with Crippen LogP contribution in [-0.4, -0.2) is 44.7 Å². The number of carbonyl (C=O) groups excluding carboxylic acids is 1. The molecule has 1 aromatic carbocycles. The number of rotatable bonds is 6. The smallest absolute Gasteiger partial charge is 0.246 e. The lowest BCUT2D eigenvalue weighted by molar-refractivity contribution is -0.124. The van der Waals surface area contributed by atoms with Crippen LogP contribution in [0, 0.1) is 0 Å². The number of likely N-dealkylation sites (N-methyl/N-ethyl adjacent to an activating group) is 1. The van der Waals surface area contributed by atoms with Crippen LogP contribution in [-0.2, 0) is 16.0 Å². The lowest BCUT2D eigenvalue weighted by atomic mass is 10.1. The Morgan fingerprint density at radius 3 is 3.15 bits per heavy atom. The minimum Gasteiger partial charge on any atom is -0.493 e. The van der Waals surface area contributed by atoms with E-state index in [0.717, 1.165) is 30.8 Å². The SMILES string of the molecule is COCCCN(C)C(=O)/C=C/c1ccc2c(c1)CCO2. The summed E-state index contributed by atoms with van der Waals surface area (Å²) in [6.45, 7) is 2.13. The highest BCUT2D eigenvalue weighted by Gasteiger charge is 2.11. The van der Waals surface area contributed by atoms with Crippen LogP contribution in [0.4, 0.5) is 0 Å². The van der Waals surface area contributed by atoms with Gasteiger partial charge < -0.3 is 14.4 Å². The second-order valence-electron chi connectivity index (χ2n) is 4.91. The monoisotopic (exact) mass is 275 g/mol. The summed E-state index contributed by atoms with van der Waals surface area (Å²) in [4.78, 5) is 13.6. The van der Waals surface area contributed by atoms with Crippen LogP contribution in [0.1, 0.15) is 17.5 Å². The summed E-state index contributed by atoms with van der Waals surface area (Å²) in [5, 5.41) is 0. The third kappa shape index (κ3) is 3.84. The second-order valence-corrected chi connectivity index (χ2v) is 4.91. The largest absolute Gasteiger partial charge is 0.493 e. The molecule has 0 saturated heterocycles. The van der Waals surface area contributed by atoms with Crippen molar-refractivity contribution in [1.29, 1.82) is 0 Å². The van der Waals surface area contributed by atoms with Gasteiger partial charge in [-0.15, -0.1) is 0 Å². The van der Waals surface area contributed by atoms with Crippen molar-refractivity contribution in [3.8, 4) is 5.75 Å². The van der Waals surface area contributed by atoms with Gasteiger partial charge in [-0.3, -0.25) is 4.79 Å². The van der Waals surface area contributed by atoms with Gasteiger partial charge in [0.15, 0.2) is 0 Å². The third-order valence-electron chi connectivity index (χ3n) is 3.35. The van der Waals surface area contributed by atoms with E-state index < -0.39 is 0 Å². The molecule has 0 aliphatic carbocycles. The minimum absolute atomic E-state index is 0.0119. The Morgan fingerprint density at radius 1 is 1.50 bits per heavy atom. The highest BCUT2D eigenvalue weighted by molar-refractivity contribution is 5.91. The van der Waals surface area contributed by atoms with E-state index in [-0.39, 0.29) is 5.91 Å². The molecule has 1 aromatic rings. The molecular weight excluding hydrogens is 254 g/mol. The van der Waals surface area contributed by atoms with Crippen LogP contribution in [0.25, 0.3) is 6.08 Å². The molecule has 0 saturated carbocycles. The third-order valence-corrected chi connectivity index (χ3v) is 3.35. The first kappa shape index (κ1) is 14.6. The van der Waals surface area contributed by atoms with E-state index in [9.17, 15) is 4.79 Å². The Bertz CT molecular complexity index is 496. The van der Waals surface area contributed by atoms with E-state index in [4.69, 9.17) is 9.47 Å². The van der Waals surface area contributed by atoms with Crippen LogP contribution >= 0.6 is 0 Å². The van der Waals surface area contributed by atoms with Crippen molar-refractivity contribution >= 4 is 12.0 Å². The molecule has 0 N–H and O–H groups in total. The fourth-order valence-electron chi connectivity index (χ4n) is 2.16. The van der Waals surface area contributed by atoms with Crippen LogP contribution in [0.3, 0.4) is 0 Å². The Kier molecular flexibility index (Phi) is 5.18. The zero-order valence-corrected chi connectivity index (χ0v) is 12.1. The molecule has 20 heavy (non-hydrogen) atoms. The minimum atomic E-state index is 0.0119. The number of hydrogen-bond donors (Lipinski definition) is 0. The van der Waals surface area contributed by atoms with Gasteiger partial charge in [-0.1, -0.05) is 6.07 Å². The summed E-state index contributed by atoms with van der Waals surface area (Å²) in [5.41, 5.74) is 2.25. The average molecular weight is 275 g/mol. The molecule has 0 fully saturated rings. The lowest BCUT2D eigenvalue weighted by Crippen LogP contribution is -2.26.